The highest BCUT2D eigenvalue weighted by atomic mass is 32.2. The fraction of sp³-hybridized carbons (Fsp3) is 0.833. The van der Waals surface area contributed by atoms with Gasteiger partial charge in [0.1, 0.15) is 0 Å². The summed E-state index contributed by atoms with van der Waals surface area (Å²) in [4.78, 5) is 5.86. The van der Waals surface area contributed by atoms with Crippen molar-refractivity contribution < 1.29 is 2.74 Å². The summed E-state index contributed by atoms with van der Waals surface area (Å²) in [6, 6.07) is 0. The van der Waals surface area contributed by atoms with Crippen LogP contribution in [0.2, 0.25) is 0 Å². The van der Waals surface area contributed by atoms with Crippen molar-refractivity contribution in [2.24, 2.45) is 0 Å². The highest BCUT2D eigenvalue weighted by Crippen LogP contribution is 2.40. The van der Waals surface area contributed by atoms with Crippen LogP contribution in [0.15, 0.2) is 19.6 Å². The van der Waals surface area contributed by atoms with E-state index in [2.05, 4.69) is 46.4 Å². The number of allylic oxidation sites excluding steroid dienone is 4. The maximum atomic E-state index is 7.43. The number of thiol groups is 1. The Bertz CT molecular complexity index is 492. The summed E-state index contributed by atoms with van der Waals surface area (Å²) in [7, 11) is 0. The molecule has 0 saturated carbocycles. The van der Waals surface area contributed by atoms with E-state index < -0.39 is 0 Å². The largest absolute Gasteiger partial charge is 0.147 e. The summed E-state index contributed by atoms with van der Waals surface area (Å²) in [5.74, 6) is 1.14. The number of hydrogen-bond acceptors (Lipinski definition) is 4. The lowest BCUT2D eigenvalue weighted by atomic mass is 10.2. The zero-order valence-corrected chi connectivity index (χ0v) is 22.4. The number of unbranched alkanes of at least 4 members (excludes halogenated alkanes) is 2. The van der Waals surface area contributed by atoms with Crippen LogP contribution in [0, 0.1) is 0 Å². The van der Waals surface area contributed by atoms with Crippen molar-refractivity contribution in [1.29, 1.82) is 0 Å². The molecule has 2 atom stereocenters. The van der Waals surface area contributed by atoms with Gasteiger partial charge in [0.05, 0.1) is 0 Å². The van der Waals surface area contributed by atoms with Crippen molar-refractivity contribution >= 4 is 47.9 Å². The zero-order valence-electron chi connectivity index (χ0n) is 21.0. The van der Waals surface area contributed by atoms with E-state index in [0.717, 1.165) is 57.1 Å². The van der Waals surface area contributed by atoms with Gasteiger partial charge in [-0.1, -0.05) is 61.3 Å². The van der Waals surface area contributed by atoms with Gasteiger partial charge in [-0.3, -0.25) is 0 Å². The minimum atomic E-state index is 0.530. The van der Waals surface area contributed by atoms with E-state index in [9.17, 15) is 0 Å². The maximum absolute atomic E-state index is 7.43. The topological polar surface area (TPSA) is 0 Å². The van der Waals surface area contributed by atoms with Crippen molar-refractivity contribution in [2.75, 3.05) is 5.75 Å². The second kappa shape index (κ2) is 18.6. The van der Waals surface area contributed by atoms with Crippen molar-refractivity contribution in [3.05, 3.63) is 19.6 Å². The quantitative estimate of drug-likeness (QED) is 0.167. The minimum Gasteiger partial charge on any atom is -0.147 e. The zero-order chi connectivity index (χ0) is 22.8. The molecule has 0 nitrogen and oxygen atoms in total. The van der Waals surface area contributed by atoms with Crippen LogP contribution in [0.1, 0.15) is 115 Å². The molecule has 166 valence electrons. The second-order valence-electron chi connectivity index (χ2n) is 7.08. The molecule has 0 aromatic carbocycles. The van der Waals surface area contributed by atoms with Crippen LogP contribution in [0.4, 0.5) is 0 Å². The van der Waals surface area contributed by atoms with Crippen LogP contribution in [0.3, 0.4) is 0 Å². The maximum Gasteiger partial charge on any atom is 0.0230 e. The molecule has 0 radical (unpaired) electrons. The van der Waals surface area contributed by atoms with E-state index >= 15 is 0 Å². The van der Waals surface area contributed by atoms with E-state index in [1.54, 1.807) is 9.81 Å². The predicted octanol–water partition coefficient (Wildman–Crippen LogP) is 10.3. The van der Waals surface area contributed by atoms with Crippen LogP contribution in [0.5, 0.6) is 0 Å². The molecule has 28 heavy (non-hydrogen) atoms. The molecule has 0 bridgehead atoms. The summed E-state index contributed by atoms with van der Waals surface area (Å²) in [5, 5.41) is 1.25. The highest BCUT2D eigenvalue weighted by molar-refractivity contribution is 8.07. The Morgan fingerprint density at radius 3 is 2.04 bits per heavy atom. The molecule has 4 heteroatoms. The fourth-order valence-electron chi connectivity index (χ4n) is 3.01. The van der Waals surface area contributed by atoms with Crippen LogP contribution in [-0.2, 0) is 0 Å². The van der Waals surface area contributed by atoms with E-state index in [1.807, 2.05) is 23.5 Å². The van der Waals surface area contributed by atoms with Crippen LogP contribution >= 0.6 is 47.9 Å². The second-order valence-corrected chi connectivity index (χ2v) is 11.9. The summed E-state index contributed by atoms with van der Waals surface area (Å²) in [5.41, 5.74) is 0. The van der Waals surface area contributed by atoms with Crippen LogP contribution in [0.25, 0.3) is 0 Å². The van der Waals surface area contributed by atoms with Crippen LogP contribution < -0.4 is 0 Å². The first-order chi connectivity index (χ1) is 14.5. The van der Waals surface area contributed by atoms with Crippen molar-refractivity contribution in [3.8, 4) is 0 Å². The average molecular weight is 467 g/mol. The molecular formula is C24H46S4. The van der Waals surface area contributed by atoms with Gasteiger partial charge in [-0.2, -0.15) is 0 Å². The Morgan fingerprint density at radius 1 is 0.893 bits per heavy atom. The Hall–Kier alpha value is 0.880. The van der Waals surface area contributed by atoms with Gasteiger partial charge in [-0.25, -0.2) is 0 Å². The first-order valence-corrected chi connectivity index (χ1v) is 14.3. The third-order valence-corrected chi connectivity index (χ3v) is 9.58. The molecule has 0 saturated heterocycles. The monoisotopic (exact) mass is 466 g/mol. The molecule has 0 aromatic rings. The molecule has 0 fully saturated rings. The fourth-order valence-corrected chi connectivity index (χ4v) is 7.38. The summed E-state index contributed by atoms with van der Waals surface area (Å²) in [6.45, 7) is 12.5. The molecule has 0 aromatic heterocycles. The molecule has 0 unspecified atom stereocenters. The van der Waals surface area contributed by atoms with Gasteiger partial charge in [-0.05, 0) is 76.7 Å². The van der Waals surface area contributed by atoms with Crippen LogP contribution in [-0.4, -0.2) is 16.3 Å². The number of hydrogen-bond donors (Lipinski definition) is 1. The number of thioether (sulfide) groups is 3. The smallest absolute Gasteiger partial charge is 0.0230 e. The van der Waals surface area contributed by atoms with Crippen molar-refractivity contribution in [2.45, 2.75) is 123 Å². The summed E-state index contributed by atoms with van der Waals surface area (Å²) in [6.07, 6.45) is 11.0. The third kappa shape index (κ3) is 12.5. The lowest BCUT2D eigenvalue weighted by Gasteiger charge is -2.23. The Morgan fingerprint density at radius 2 is 1.54 bits per heavy atom. The van der Waals surface area contributed by atoms with Crippen molar-refractivity contribution in [1.82, 2.24) is 0 Å². The van der Waals surface area contributed by atoms with Gasteiger partial charge in [0, 0.05) is 13.2 Å². The molecule has 0 N–H and O–H groups in total. The molecule has 0 aliphatic rings. The van der Waals surface area contributed by atoms with E-state index in [1.165, 1.54) is 22.7 Å². The molecule has 0 amide bonds. The molecular weight excluding hydrogens is 417 g/mol. The molecule has 0 rings (SSSR count). The molecule has 0 spiro atoms. The first kappa shape index (κ1) is 25.1. The SMILES string of the molecule is [3H]CCCC/C(S[C@@H](C)C[C@@H](CC)S/C(CC)=C(/CCCC[3H])SCC)=C(/S)CC. The van der Waals surface area contributed by atoms with Crippen molar-refractivity contribution in [3.63, 3.8) is 0 Å². The van der Waals surface area contributed by atoms with Gasteiger partial charge in [0.15, 0.2) is 0 Å². The Balaban J connectivity index is 5.09. The van der Waals surface area contributed by atoms with Gasteiger partial charge in [0.2, 0.25) is 0 Å². The third-order valence-electron chi connectivity index (χ3n) is 4.62. The average Bonchev–Trinajstić information content (AvgIpc) is 2.75. The lowest BCUT2D eigenvalue weighted by Crippen LogP contribution is -2.10. The Kier molecular flexibility index (Phi) is 16.7. The molecule has 0 heterocycles. The minimum absolute atomic E-state index is 0.530. The normalized spacial score (nSPS) is 16.8. The van der Waals surface area contributed by atoms with E-state index in [4.69, 9.17) is 15.4 Å². The van der Waals surface area contributed by atoms with E-state index in [-0.39, 0.29) is 0 Å². The van der Waals surface area contributed by atoms with Gasteiger partial charge in [0.25, 0.3) is 0 Å². The predicted molar refractivity (Wildman–Crippen MR) is 144 cm³/mol. The standard InChI is InChI=1S/C24H46S4/c1-8-14-16-23(21(25)11-4)27-19(7)18-20(10-3)28-22(12-5)24(26-13-6)17-15-9-2/h19-20,25H,8-18H2,1-7H3/b23-21-,24-22-/t19-,20+/m0/s1/i1T,2T. The summed E-state index contributed by atoms with van der Waals surface area (Å²) < 4.78 is 14.8. The molecule has 0 aliphatic heterocycles. The number of rotatable bonds is 17. The highest BCUT2D eigenvalue weighted by Gasteiger charge is 2.18. The van der Waals surface area contributed by atoms with Gasteiger partial charge < -0.3 is 0 Å². The summed E-state index contributed by atoms with van der Waals surface area (Å²) >= 11 is 10.9. The molecule has 0 aliphatic carbocycles. The van der Waals surface area contributed by atoms with E-state index in [0.29, 0.717) is 24.3 Å². The Labute approximate surface area is 198 Å². The lowest BCUT2D eigenvalue weighted by molar-refractivity contribution is 0.730. The van der Waals surface area contributed by atoms with Gasteiger partial charge in [-0.15, -0.1) is 47.9 Å². The van der Waals surface area contributed by atoms with Gasteiger partial charge >= 0.3 is 0 Å². The first-order valence-electron chi connectivity index (χ1n) is 12.6.